The quantitative estimate of drug-likeness (QED) is 0.910. The second-order valence-corrected chi connectivity index (χ2v) is 4.58. The molecule has 1 amide bonds. The first-order chi connectivity index (χ1) is 9.60. The maximum absolute atomic E-state index is 11.9. The van der Waals surface area contributed by atoms with Gasteiger partial charge in [0.05, 0.1) is 12.8 Å². The molecule has 1 aromatic heterocycles. The van der Waals surface area contributed by atoms with Crippen molar-refractivity contribution < 1.29 is 14.1 Å². The molecular formula is C15H18N2O3. The highest BCUT2D eigenvalue weighted by atomic mass is 16.5. The highest BCUT2D eigenvalue weighted by Crippen LogP contribution is 2.18. The molecule has 0 aliphatic rings. The molecule has 1 aromatic carbocycles. The van der Waals surface area contributed by atoms with Crippen LogP contribution in [0.25, 0.3) is 0 Å². The van der Waals surface area contributed by atoms with Gasteiger partial charge in [0.25, 0.3) is 0 Å². The zero-order valence-corrected chi connectivity index (χ0v) is 11.9. The van der Waals surface area contributed by atoms with Crippen LogP contribution in [0.4, 0.5) is 5.69 Å². The Bertz CT molecular complexity index is 585. The molecule has 106 valence electrons. The second kappa shape index (κ2) is 6.23. The van der Waals surface area contributed by atoms with Crippen molar-refractivity contribution in [1.29, 1.82) is 0 Å². The Morgan fingerprint density at radius 2 is 2.20 bits per heavy atom. The number of methoxy groups -OCH3 is 1. The van der Waals surface area contributed by atoms with E-state index in [1.165, 1.54) is 0 Å². The fourth-order valence-corrected chi connectivity index (χ4v) is 2.02. The van der Waals surface area contributed by atoms with Gasteiger partial charge in [0.15, 0.2) is 0 Å². The van der Waals surface area contributed by atoms with Crippen LogP contribution in [0.5, 0.6) is 5.75 Å². The third kappa shape index (κ3) is 3.38. The van der Waals surface area contributed by atoms with Crippen molar-refractivity contribution >= 4 is 11.6 Å². The minimum absolute atomic E-state index is 0.0433. The molecule has 0 fully saturated rings. The monoisotopic (exact) mass is 274 g/mol. The molecule has 1 N–H and O–H groups in total. The van der Waals surface area contributed by atoms with E-state index in [1.807, 2.05) is 32.0 Å². The van der Waals surface area contributed by atoms with Gasteiger partial charge in [-0.3, -0.25) is 4.79 Å². The maximum Gasteiger partial charge on any atom is 0.224 e. The minimum Gasteiger partial charge on any atom is -0.497 e. The molecule has 0 saturated carbocycles. The molecule has 20 heavy (non-hydrogen) atoms. The summed E-state index contributed by atoms with van der Waals surface area (Å²) in [6, 6.07) is 7.28. The number of nitrogens with zero attached hydrogens (tertiary/aromatic N) is 1. The number of rotatable bonds is 5. The van der Waals surface area contributed by atoms with Gasteiger partial charge in [-0.05, 0) is 32.4 Å². The van der Waals surface area contributed by atoms with Crippen LogP contribution in [0.2, 0.25) is 0 Å². The summed E-state index contributed by atoms with van der Waals surface area (Å²) in [7, 11) is 1.60. The number of hydrogen-bond acceptors (Lipinski definition) is 4. The number of carbonyl (C=O) groups excluding carboxylic acids is 1. The smallest absolute Gasteiger partial charge is 0.224 e. The first-order valence-electron chi connectivity index (χ1n) is 6.46. The number of amides is 1. The van der Waals surface area contributed by atoms with E-state index < -0.39 is 0 Å². The highest BCUT2D eigenvalue weighted by Gasteiger charge is 2.11. The van der Waals surface area contributed by atoms with Crippen LogP contribution < -0.4 is 10.1 Å². The van der Waals surface area contributed by atoms with Gasteiger partial charge in [0, 0.05) is 23.7 Å². The average molecular weight is 274 g/mol. The van der Waals surface area contributed by atoms with Crippen LogP contribution in [-0.4, -0.2) is 18.2 Å². The van der Waals surface area contributed by atoms with E-state index >= 15 is 0 Å². The number of nitrogens with one attached hydrogen (secondary N) is 1. The predicted molar refractivity (Wildman–Crippen MR) is 75.9 cm³/mol. The molecule has 0 saturated heterocycles. The van der Waals surface area contributed by atoms with Crippen LogP contribution in [0.1, 0.15) is 23.4 Å². The van der Waals surface area contributed by atoms with E-state index in [-0.39, 0.29) is 5.91 Å². The lowest BCUT2D eigenvalue weighted by atomic mass is 10.1. The van der Waals surface area contributed by atoms with E-state index in [1.54, 1.807) is 13.2 Å². The van der Waals surface area contributed by atoms with E-state index in [0.29, 0.717) is 18.6 Å². The summed E-state index contributed by atoms with van der Waals surface area (Å²) in [6.45, 7) is 3.74. The molecule has 0 aliphatic heterocycles. The molecule has 1 heterocycles. The first kappa shape index (κ1) is 14.1. The molecule has 0 spiro atoms. The third-order valence-corrected chi connectivity index (χ3v) is 3.14. The van der Waals surface area contributed by atoms with E-state index in [0.717, 1.165) is 22.7 Å². The molecule has 0 bridgehead atoms. The molecule has 0 atom stereocenters. The van der Waals surface area contributed by atoms with E-state index in [4.69, 9.17) is 9.26 Å². The Balaban J connectivity index is 1.92. The van der Waals surface area contributed by atoms with Crippen molar-refractivity contribution in [2.75, 3.05) is 12.4 Å². The Hall–Kier alpha value is -2.30. The van der Waals surface area contributed by atoms with Crippen molar-refractivity contribution in [1.82, 2.24) is 5.16 Å². The topological polar surface area (TPSA) is 64.4 Å². The number of anilines is 1. The van der Waals surface area contributed by atoms with Crippen molar-refractivity contribution in [3.8, 4) is 5.75 Å². The van der Waals surface area contributed by atoms with Crippen LogP contribution in [-0.2, 0) is 11.2 Å². The summed E-state index contributed by atoms with van der Waals surface area (Å²) in [5.74, 6) is 1.45. The first-order valence-corrected chi connectivity index (χ1v) is 6.46. The number of aryl methyl sites for hydroxylation is 2. The third-order valence-electron chi connectivity index (χ3n) is 3.14. The molecule has 0 aliphatic carbocycles. The van der Waals surface area contributed by atoms with Crippen LogP contribution >= 0.6 is 0 Å². The van der Waals surface area contributed by atoms with Gasteiger partial charge < -0.3 is 14.6 Å². The van der Waals surface area contributed by atoms with Crippen LogP contribution in [0.15, 0.2) is 28.8 Å². The van der Waals surface area contributed by atoms with Gasteiger partial charge >= 0.3 is 0 Å². The van der Waals surface area contributed by atoms with Crippen molar-refractivity contribution in [3.05, 3.63) is 41.3 Å². The fraction of sp³-hybridized carbons (Fsp3) is 0.333. The van der Waals surface area contributed by atoms with Crippen LogP contribution in [0, 0.1) is 13.8 Å². The molecule has 2 aromatic rings. The van der Waals surface area contributed by atoms with Gasteiger partial charge in [0.2, 0.25) is 5.91 Å². The van der Waals surface area contributed by atoms with E-state index in [9.17, 15) is 4.79 Å². The van der Waals surface area contributed by atoms with Gasteiger partial charge in [-0.2, -0.15) is 0 Å². The van der Waals surface area contributed by atoms with Gasteiger partial charge in [-0.15, -0.1) is 0 Å². The molecule has 5 heteroatoms. The highest BCUT2D eigenvalue weighted by molar-refractivity contribution is 5.91. The summed E-state index contributed by atoms with van der Waals surface area (Å²) in [5.41, 5.74) is 2.58. The molecule has 2 rings (SSSR count). The molecular weight excluding hydrogens is 256 g/mol. The lowest BCUT2D eigenvalue weighted by Gasteiger charge is -2.06. The van der Waals surface area contributed by atoms with Crippen molar-refractivity contribution in [2.24, 2.45) is 0 Å². The lowest BCUT2D eigenvalue weighted by molar-refractivity contribution is -0.116. The van der Waals surface area contributed by atoms with Gasteiger partial charge in [-0.1, -0.05) is 11.2 Å². The standard InChI is InChI=1S/C15H18N2O3/c1-10-14(11(2)20-17-10)7-8-15(18)16-12-5-4-6-13(9-12)19-3/h4-6,9H,7-8H2,1-3H3,(H,16,18). The van der Waals surface area contributed by atoms with Crippen LogP contribution in [0.3, 0.4) is 0 Å². The molecule has 0 unspecified atom stereocenters. The number of ether oxygens (including phenoxy) is 1. The van der Waals surface area contributed by atoms with E-state index in [2.05, 4.69) is 10.5 Å². The number of carbonyl (C=O) groups is 1. The van der Waals surface area contributed by atoms with Gasteiger partial charge in [0.1, 0.15) is 11.5 Å². The average Bonchev–Trinajstić information content (AvgIpc) is 2.76. The fourth-order valence-electron chi connectivity index (χ4n) is 2.02. The largest absolute Gasteiger partial charge is 0.497 e. The summed E-state index contributed by atoms with van der Waals surface area (Å²) in [4.78, 5) is 11.9. The normalized spacial score (nSPS) is 10.3. The maximum atomic E-state index is 11.9. The van der Waals surface area contributed by atoms with Crippen molar-refractivity contribution in [2.45, 2.75) is 26.7 Å². The lowest BCUT2D eigenvalue weighted by Crippen LogP contribution is -2.12. The summed E-state index contributed by atoms with van der Waals surface area (Å²) in [5, 5.41) is 6.73. The molecule has 0 radical (unpaired) electrons. The predicted octanol–water partition coefficient (Wildman–Crippen LogP) is 2.87. The zero-order valence-electron chi connectivity index (χ0n) is 11.9. The second-order valence-electron chi connectivity index (χ2n) is 4.58. The molecule has 5 nitrogen and oxygen atoms in total. The SMILES string of the molecule is COc1cccc(NC(=O)CCc2c(C)noc2C)c1. The number of benzene rings is 1. The Labute approximate surface area is 117 Å². The minimum atomic E-state index is -0.0433. The zero-order chi connectivity index (χ0) is 14.5. The Kier molecular flexibility index (Phi) is 4.40. The summed E-state index contributed by atoms with van der Waals surface area (Å²) < 4.78 is 10.2. The van der Waals surface area contributed by atoms with Gasteiger partial charge in [-0.25, -0.2) is 0 Å². The Morgan fingerprint density at radius 1 is 1.40 bits per heavy atom. The summed E-state index contributed by atoms with van der Waals surface area (Å²) >= 11 is 0. The number of hydrogen-bond donors (Lipinski definition) is 1. The summed E-state index contributed by atoms with van der Waals surface area (Å²) in [6.07, 6.45) is 1.01. The number of aromatic nitrogens is 1. The Morgan fingerprint density at radius 3 is 2.85 bits per heavy atom. The van der Waals surface area contributed by atoms with Crippen molar-refractivity contribution in [3.63, 3.8) is 0 Å².